The molecule has 1 aliphatic carbocycles. The second kappa shape index (κ2) is 12.6. The predicted octanol–water partition coefficient (Wildman–Crippen LogP) is 11.2. The Balaban J connectivity index is 2.49. The van der Waals surface area contributed by atoms with Crippen LogP contribution in [0.5, 0.6) is 0 Å². The molecule has 1 aromatic carbocycles. The van der Waals surface area contributed by atoms with Gasteiger partial charge in [0, 0.05) is 5.92 Å². The number of hydrogen-bond acceptors (Lipinski definition) is 0. The topological polar surface area (TPSA) is 0 Å². The van der Waals surface area contributed by atoms with Gasteiger partial charge in [0.2, 0.25) is 0 Å². The van der Waals surface area contributed by atoms with Gasteiger partial charge in [0.25, 0.3) is 0 Å². The highest BCUT2D eigenvalue weighted by molar-refractivity contribution is 5.55. The Bertz CT molecular complexity index is 918. The van der Waals surface area contributed by atoms with E-state index in [1.807, 2.05) is 0 Å². The van der Waals surface area contributed by atoms with Crippen LogP contribution in [0.15, 0.2) is 47.6 Å². The largest absolute Gasteiger partial charge is 0.0953 e. The molecule has 0 spiro atoms. The molecule has 0 nitrogen and oxygen atoms in total. The summed E-state index contributed by atoms with van der Waals surface area (Å²) in [4.78, 5) is 0. The molecule has 0 aromatic heterocycles. The maximum Gasteiger partial charge on any atom is 0.0120 e. The first-order valence-corrected chi connectivity index (χ1v) is 14.7. The van der Waals surface area contributed by atoms with Crippen molar-refractivity contribution in [1.82, 2.24) is 0 Å². The van der Waals surface area contributed by atoms with Gasteiger partial charge in [-0.15, -0.1) is 0 Å². The van der Waals surface area contributed by atoms with Crippen molar-refractivity contribution < 1.29 is 0 Å². The van der Waals surface area contributed by atoms with Gasteiger partial charge in [-0.25, -0.2) is 0 Å². The van der Waals surface area contributed by atoms with Crippen molar-refractivity contribution in [2.75, 3.05) is 0 Å². The van der Waals surface area contributed by atoms with Gasteiger partial charge in [0.05, 0.1) is 0 Å². The van der Waals surface area contributed by atoms with Gasteiger partial charge in [-0.05, 0) is 95.6 Å². The minimum atomic E-state index is 0.161. The summed E-state index contributed by atoms with van der Waals surface area (Å²) in [6.07, 6.45) is 16.0. The predicted molar refractivity (Wildman–Crippen MR) is 159 cm³/mol. The van der Waals surface area contributed by atoms with Crippen molar-refractivity contribution in [2.24, 2.45) is 11.3 Å². The molecule has 0 bridgehead atoms. The molecule has 1 aliphatic rings. The van der Waals surface area contributed by atoms with Crippen molar-refractivity contribution in [3.63, 3.8) is 0 Å². The summed E-state index contributed by atoms with van der Waals surface area (Å²) in [7, 11) is 0. The van der Waals surface area contributed by atoms with Crippen LogP contribution in [0.25, 0.3) is 0 Å². The lowest BCUT2D eigenvalue weighted by Crippen LogP contribution is -2.18. The van der Waals surface area contributed by atoms with E-state index < -0.39 is 0 Å². The van der Waals surface area contributed by atoms with Gasteiger partial charge < -0.3 is 0 Å². The Morgan fingerprint density at radius 3 is 2.17 bits per heavy atom. The van der Waals surface area contributed by atoms with Crippen LogP contribution in [0.2, 0.25) is 0 Å². The third-order valence-corrected chi connectivity index (χ3v) is 9.08. The van der Waals surface area contributed by atoms with Crippen molar-refractivity contribution in [2.45, 2.75) is 138 Å². The molecule has 1 fully saturated rings. The molecular formula is C35H56. The number of benzene rings is 1. The van der Waals surface area contributed by atoms with E-state index >= 15 is 0 Å². The second-order valence-corrected chi connectivity index (χ2v) is 12.5. The van der Waals surface area contributed by atoms with Crippen molar-refractivity contribution in [1.29, 1.82) is 0 Å². The maximum atomic E-state index is 4.49. The zero-order chi connectivity index (χ0) is 26.4. The molecule has 0 N–H and O–H groups in total. The summed E-state index contributed by atoms with van der Waals surface area (Å²) in [6.45, 7) is 28.0. The quantitative estimate of drug-likeness (QED) is 0.185. The summed E-state index contributed by atoms with van der Waals surface area (Å²) < 4.78 is 0. The number of allylic oxidation sites excluding steroid dienone is 5. The van der Waals surface area contributed by atoms with Gasteiger partial charge in [-0.2, -0.15) is 0 Å². The zero-order valence-electron chi connectivity index (χ0n) is 25.0. The number of rotatable bonds is 14. The molecule has 2 unspecified atom stereocenters. The molecule has 1 saturated carbocycles. The van der Waals surface area contributed by atoms with Crippen molar-refractivity contribution in [3.8, 4) is 0 Å². The molecule has 0 aliphatic heterocycles. The fourth-order valence-corrected chi connectivity index (χ4v) is 5.26. The molecule has 0 heteroatoms. The van der Waals surface area contributed by atoms with E-state index in [1.165, 1.54) is 68.1 Å². The van der Waals surface area contributed by atoms with Crippen LogP contribution in [0, 0.1) is 18.3 Å². The van der Waals surface area contributed by atoms with Crippen LogP contribution in [0.1, 0.15) is 142 Å². The van der Waals surface area contributed by atoms with Crippen LogP contribution in [0.4, 0.5) is 0 Å². The zero-order valence-corrected chi connectivity index (χ0v) is 25.0. The Morgan fingerprint density at radius 2 is 1.60 bits per heavy atom. The van der Waals surface area contributed by atoms with Gasteiger partial charge >= 0.3 is 0 Å². The lowest BCUT2D eigenvalue weighted by atomic mass is 9.77. The van der Waals surface area contributed by atoms with E-state index in [1.54, 1.807) is 22.3 Å². The van der Waals surface area contributed by atoms with Crippen LogP contribution in [-0.2, 0) is 11.8 Å². The normalized spacial score (nSPS) is 19.9. The monoisotopic (exact) mass is 476 g/mol. The first-order chi connectivity index (χ1) is 16.4. The molecule has 196 valence electrons. The van der Waals surface area contributed by atoms with E-state index in [-0.39, 0.29) is 10.8 Å². The third kappa shape index (κ3) is 7.47. The van der Waals surface area contributed by atoms with Crippen molar-refractivity contribution in [3.05, 3.63) is 69.8 Å². The van der Waals surface area contributed by atoms with Crippen molar-refractivity contribution >= 4 is 0 Å². The molecule has 0 saturated heterocycles. The molecule has 0 radical (unpaired) electrons. The van der Waals surface area contributed by atoms with Crippen LogP contribution in [0.3, 0.4) is 0 Å². The lowest BCUT2D eigenvalue weighted by Gasteiger charge is -2.28. The highest BCUT2D eigenvalue weighted by Crippen LogP contribution is 2.55. The van der Waals surface area contributed by atoms with Gasteiger partial charge in [0.1, 0.15) is 0 Å². The minimum Gasteiger partial charge on any atom is -0.0953 e. The molecule has 0 amide bonds. The average molecular weight is 477 g/mol. The molecular weight excluding hydrogens is 420 g/mol. The summed E-state index contributed by atoms with van der Waals surface area (Å²) in [5.74, 6) is 1.21. The molecule has 1 aromatic rings. The molecule has 35 heavy (non-hydrogen) atoms. The Hall–Kier alpha value is -1.56. The minimum absolute atomic E-state index is 0.161. The summed E-state index contributed by atoms with van der Waals surface area (Å²) in [5, 5.41) is 0. The lowest BCUT2D eigenvalue weighted by molar-refractivity contribution is 0.441. The summed E-state index contributed by atoms with van der Waals surface area (Å²) in [6, 6.07) is 5.09. The van der Waals surface area contributed by atoms with Crippen LogP contribution in [-0.4, -0.2) is 0 Å². The van der Waals surface area contributed by atoms with Gasteiger partial charge in [-0.3, -0.25) is 0 Å². The maximum absolute atomic E-state index is 4.49. The van der Waals surface area contributed by atoms with Crippen LogP contribution >= 0.6 is 0 Å². The molecule has 2 rings (SSSR count). The fourth-order valence-electron chi connectivity index (χ4n) is 5.26. The smallest absolute Gasteiger partial charge is 0.0120 e. The van der Waals surface area contributed by atoms with E-state index in [4.69, 9.17) is 0 Å². The Morgan fingerprint density at radius 1 is 0.943 bits per heavy atom. The Labute approximate surface area is 219 Å². The van der Waals surface area contributed by atoms with Gasteiger partial charge in [0.15, 0.2) is 0 Å². The van der Waals surface area contributed by atoms with E-state index in [0.717, 1.165) is 6.42 Å². The second-order valence-electron chi connectivity index (χ2n) is 12.5. The van der Waals surface area contributed by atoms with Crippen LogP contribution < -0.4 is 0 Å². The molecule has 0 heterocycles. The third-order valence-electron chi connectivity index (χ3n) is 9.08. The van der Waals surface area contributed by atoms with Gasteiger partial charge in [-0.1, -0.05) is 118 Å². The highest BCUT2D eigenvalue weighted by Gasteiger charge is 2.43. The summed E-state index contributed by atoms with van der Waals surface area (Å²) in [5.41, 5.74) is 11.0. The fraction of sp³-hybridized carbons (Fsp3) is 0.657. The summed E-state index contributed by atoms with van der Waals surface area (Å²) >= 11 is 0. The van der Waals surface area contributed by atoms with E-state index in [9.17, 15) is 0 Å². The SMILES string of the molecule is C=C(/C=C(\C=C1/C(C)C1c1cc(CCCC)cc(C(C)(C)CC)c1C)CCCCC)C(C)(C)CC. The first kappa shape index (κ1) is 29.7. The number of aryl methyl sites for hydroxylation is 1. The Kier molecular flexibility index (Phi) is 10.7. The highest BCUT2D eigenvalue weighted by atomic mass is 14.5. The number of unbranched alkanes of at least 4 members (excludes halogenated alkanes) is 3. The van der Waals surface area contributed by atoms with E-state index in [0.29, 0.717) is 11.8 Å². The standard InChI is InChI=1S/C35H56/c1-12-16-18-20-28(21-25(5)34(8,9)14-3)22-31-27(7)33(31)30-23-29(19-17-13-2)24-32(26(30)6)35(10,11)15-4/h21-24,27,33H,5,12-20H2,1-4,6-11H3/b28-21-,31-22+. The first-order valence-electron chi connectivity index (χ1n) is 14.7. The molecule has 2 atom stereocenters. The van der Waals surface area contributed by atoms with E-state index in [2.05, 4.69) is 100 Å². The average Bonchev–Trinajstić information content (AvgIpc) is 3.45. The number of hydrogen-bond donors (Lipinski definition) is 0.